The predicted octanol–water partition coefficient (Wildman–Crippen LogP) is 2.95. The molecule has 2 aromatic carbocycles. The van der Waals surface area contributed by atoms with Gasteiger partial charge in [-0.2, -0.15) is 0 Å². The largest absolute Gasteiger partial charge is 0.381 e. The Morgan fingerprint density at radius 1 is 1.12 bits per heavy atom. The number of fused-ring (bicyclic) bond motifs is 1. The van der Waals surface area contributed by atoms with E-state index in [1.54, 1.807) is 0 Å². The highest BCUT2D eigenvalue weighted by atomic mass is 35.5. The highest BCUT2D eigenvalue weighted by Gasteiger charge is 2.22. The van der Waals surface area contributed by atoms with E-state index in [2.05, 4.69) is 33.5 Å². The van der Waals surface area contributed by atoms with Crippen LogP contribution < -0.4 is 15.5 Å². The molecule has 0 spiro atoms. The Labute approximate surface area is 158 Å². The molecule has 0 unspecified atom stereocenters. The lowest BCUT2D eigenvalue weighted by Gasteiger charge is -2.35. The molecule has 26 heavy (non-hydrogen) atoms. The van der Waals surface area contributed by atoms with Gasteiger partial charge in [-0.1, -0.05) is 23.7 Å². The number of hydrogen-bond acceptors (Lipinski definition) is 4. The second-order valence-electron chi connectivity index (χ2n) is 6.90. The highest BCUT2D eigenvalue weighted by molar-refractivity contribution is 6.31. The average molecular weight is 371 g/mol. The van der Waals surface area contributed by atoms with Gasteiger partial charge >= 0.3 is 0 Å². The molecule has 4 rings (SSSR count). The summed E-state index contributed by atoms with van der Waals surface area (Å²) >= 11 is 6.54. The van der Waals surface area contributed by atoms with Crippen LogP contribution in [-0.4, -0.2) is 44.0 Å². The zero-order valence-electron chi connectivity index (χ0n) is 14.9. The zero-order chi connectivity index (χ0) is 18.1. The molecule has 0 saturated carbocycles. The van der Waals surface area contributed by atoms with Crippen LogP contribution in [0.25, 0.3) is 0 Å². The Kier molecular flexibility index (Phi) is 4.74. The van der Waals surface area contributed by atoms with E-state index in [-0.39, 0.29) is 5.91 Å². The van der Waals surface area contributed by atoms with Gasteiger partial charge < -0.3 is 20.4 Å². The number of nitrogens with zero attached hydrogens (tertiary/aromatic N) is 2. The standard InChI is InChI=1S/C20H23ClN4O/c1-24-8-10-25(11-9-24)19-7-3-5-17(21)16(19)13-22-18-6-2-4-14-15(18)12-23-20(14)26/h2-7,22H,8-13H2,1H3,(H,23,26). The number of likely N-dealkylation sites (N-methyl/N-ethyl adjacent to an activating group) is 1. The first kappa shape index (κ1) is 17.2. The Hall–Kier alpha value is -2.24. The number of carbonyl (C=O) groups excluding carboxylic acids is 1. The number of nitrogens with one attached hydrogen (secondary N) is 2. The molecule has 1 amide bonds. The number of rotatable bonds is 4. The summed E-state index contributed by atoms with van der Waals surface area (Å²) in [4.78, 5) is 16.6. The summed E-state index contributed by atoms with van der Waals surface area (Å²) in [6.07, 6.45) is 0. The first-order chi connectivity index (χ1) is 12.6. The number of hydrogen-bond donors (Lipinski definition) is 2. The van der Waals surface area contributed by atoms with Crippen molar-refractivity contribution in [3.05, 3.63) is 58.1 Å². The summed E-state index contributed by atoms with van der Waals surface area (Å²) in [6.45, 7) is 5.32. The quantitative estimate of drug-likeness (QED) is 0.868. The molecule has 5 nitrogen and oxygen atoms in total. The lowest BCUT2D eigenvalue weighted by atomic mass is 10.1. The van der Waals surface area contributed by atoms with E-state index in [0.717, 1.165) is 53.6 Å². The smallest absolute Gasteiger partial charge is 0.251 e. The maximum absolute atomic E-state index is 11.9. The topological polar surface area (TPSA) is 47.6 Å². The minimum absolute atomic E-state index is 0.000445. The molecule has 0 bridgehead atoms. The fourth-order valence-corrected chi connectivity index (χ4v) is 3.91. The van der Waals surface area contributed by atoms with Crippen LogP contribution in [0.2, 0.25) is 5.02 Å². The van der Waals surface area contributed by atoms with Gasteiger partial charge in [0.15, 0.2) is 0 Å². The van der Waals surface area contributed by atoms with E-state index < -0.39 is 0 Å². The average Bonchev–Trinajstić information content (AvgIpc) is 3.03. The Balaban J connectivity index is 1.57. The van der Waals surface area contributed by atoms with Crippen molar-refractivity contribution in [2.24, 2.45) is 0 Å². The van der Waals surface area contributed by atoms with Crippen molar-refractivity contribution in [2.75, 3.05) is 43.4 Å². The lowest BCUT2D eigenvalue weighted by molar-refractivity contribution is 0.0966. The molecule has 2 aliphatic heterocycles. The summed E-state index contributed by atoms with van der Waals surface area (Å²) in [5.41, 5.74) is 5.08. The molecular weight excluding hydrogens is 348 g/mol. The van der Waals surface area contributed by atoms with Gasteiger partial charge in [-0.15, -0.1) is 0 Å². The lowest BCUT2D eigenvalue weighted by Crippen LogP contribution is -2.44. The van der Waals surface area contributed by atoms with Gasteiger partial charge in [0.2, 0.25) is 0 Å². The number of benzene rings is 2. The molecule has 2 heterocycles. The van der Waals surface area contributed by atoms with E-state index in [1.807, 2.05) is 30.3 Å². The van der Waals surface area contributed by atoms with Gasteiger partial charge in [0.05, 0.1) is 0 Å². The van der Waals surface area contributed by atoms with Crippen LogP contribution in [0.5, 0.6) is 0 Å². The fourth-order valence-electron chi connectivity index (χ4n) is 3.67. The molecular formula is C20H23ClN4O. The van der Waals surface area contributed by atoms with Crippen molar-refractivity contribution in [3.63, 3.8) is 0 Å². The van der Waals surface area contributed by atoms with Crippen molar-refractivity contribution in [1.29, 1.82) is 0 Å². The highest BCUT2D eigenvalue weighted by Crippen LogP contribution is 2.31. The molecule has 0 radical (unpaired) electrons. The third-order valence-electron chi connectivity index (χ3n) is 5.24. The number of amides is 1. The van der Waals surface area contributed by atoms with Gasteiger partial charge in [-0.05, 0) is 31.3 Å². The number of piperazine rings is 1. The summed E-state index contributed by atoms with van der Waals surface area (Å²) in [6, 6.07) is 11.9. The van der Waals surface area contributed by atoms with Crippen LogP contribution >= 0.6 is 11.6 Å². The minimum Gasteiger partial charge on any atom is -0.381 e. The van der Waals surface area contributed by atoms with Gasteiger partial charge in [0.1, 0.15) is 0 Å². The van der Waals surface area contributed by atoms with E-state index in [0.29, 0.717) is 13.1 Å². The summed E-state index contributed by atoms with van der Waals surface area (Å²) < 4.78 is 0. The van der Waals surface area contributed by atoms with Crippen molar-refractivity contribution in [1.82, 2.24) is 10.2 Å². The van der Waals surface area contributed by atoms with Crippen LogP contribution in [0.3, 0.4) is 0 Å². The molecule has 1 fully saturated rings. The van der Waals surface area contributed by atoms with E-state index in [1.165, 1.54) is 5.69 Å². The number of carbonyl (C=O) groups is 1. The summed E-state index contributed by atoms with van der Waals surface area (Å²) in [7, 11) is 2.16. The normalized spacial score (nSPS) is 17.2. The second kappa shape index (κ2) is 7.17. The van der Waals surface area contributed by atoms with Gasteiger partial charge in [0.25, 0.3) is 5.91 Å². The Bertz CT molecular complexity index is 831. The molecule has 136 valence electrons. The molecule has 0 atom stereocenters. The minimum atomic E-state index is -0.000445. The summed E-state index contributed by atoms with van der Waals surface area (Å²) in [5, 5.41) is 7.16. The monoisotopic (exact) mass is 370 g/mol. The zero-order valence-corrected chi connectivity index (χ0v) is 15.6. The summed E-state index contributed by atoms with van der Waals surface area (Å²) in [5.74, 6) is -0.000445. The van der Waals surface area contributed by atoms with Crippen molar-refractivity contribution < 1.29 is 4.79 Å². The Morgan fingerprint density at radius 3 is 2.69 bits per heavy atom. The van der Waals surface area contributed by atoms with Crippen LogP contribution in [0, 0.1) is 0 Å². The van der Waals surface area contributed by atoms with E-state index in [9.17, 15) is 4.79 Å². The van der Waals surface area contributed by atoms with Gasteiger partial charge in [-0.25, -0.2) is 0 Å². The maximum Gasteiger partial charge on any atom is 0.251 e. The second-order valence-corrected chi connectivity index (χ2v) is 7.30. The van der Waals surface area contributed by atoms with Crippen LogP contribution in [-0.2, 0) is 13.1 Å². The van der Waals surface area contributed by atoms with Crippen LogP contribution in [0.15, 0.2) is 36.4 Å². The SMILES string of the molecule is CN1CCN(c2cccc(Cl)c2CNc2cccc3c2CNC3=O)CC1. The third kappa shape index (κ3) is 3.24. The van der Waals surface area contributed by atoms with Crippen molar-refractivity contribution >= 4 is 28.9 Å². The van der Waals surface area contributed by atoms with Crippen molar-refractivity contribution in [2.45, 2.75) is 13.1 Å². The maximum atomic E-state index is 11.9. The predicted molar refractivity (Wildman–Crippen MR) is 106 cm³/mol. The van der Waals surface area contributed by atoms with E-state index >= 15 is 0 Å². The first-order valence-electron chi connectivity index (χ1n) is 8.98. The molecule has 0 aromatic heterocycles. The molecule has 0 aliphatic carbocycles. The first-order valence-corrected chi connectivity index (χ1v) is 9.36. The van der Waals surface area contributed by atoms with Gasteiger partial charge in [-0.3, -0.25) is 4.79 Å². The number of anilines is 2. The van der Waals surface area contributed by atoms with Crippen LogP contribution in [0.1, 0.15) is 21.5 Å². The number of halogens is 1. The van der Waals surface area contributed by atoms with E-state index in [4.69, 9.17) is 11.6 Å². The van der Waals surface area contributed by atoms with Crippen molar-refractivity contribution in [3.8, 4) is 0 Å². The third-order valence-corrected chi connectivity index (χ3v) is 5.59. The molecule has 2 aliphatic rings. The molecule has 6 heteroatoms. The molecule has 2 aromatic rings. The van der Waals surface area contributed by atoms with Gasteiger partial charge in [0, 0.05) is 72.4 Å². The molecule has 1 saturated heterocycles. The Morgan fingerprint density at radius 2 is 1.88 bits per heavy atom. The van der Waals surface area contributed by atoms with Crippen LogP contribution in [0.4, 0.5) is 11.4 Å². The fraction of sp³-hybridized carbons (Fsp3) is 0.350. The molecule has 2 N–H and O–H groups in total.